The van der Waals surface area contributed by atoms with E-state index in [1.165, 1.54) is 16.8 Å². The van der Waals surface area contributed by atoms with Crippen LogP contribution in [0.25, 0.3) is 0 Å². The van der Waals surface area contributed by atoms with Crippen molar-refractivity contribution in [2.45, 2.75) is 20.4 Å². The molecule has 0 aliphatic rings. The van der Waals surface area contributed by atoms with Gasteiger partial charge in [0.05, 0.1) is 0 Å². The van der Waals surface area contributed by atoms with Gasteiger partial charge >= 0.3 is 7.12 Å². The zero-order valence-corrected chi connectivity index (χ0v) is 12.2. The molecule has 4 heteroatoms. The molecule has 0 spiro atoms. The molecule has 0 bridgehead atoms. The van der Waals surface area contributed by atoms with Crippen LogP contribution in [-0.2, 0) is 6.54 Å². The number of hydrogen-bond acceptors (Lipinski definition) is 3. The van der Waals surface area contributed by atoms with Crippen LogP contribution in [0.1, 0.15) is 16.7 Å². The highest BCUT2D eigenvalue weighted by Crippen LogP contribution is 2.19. The molecular weight excluding hydrogens is 249 g/mol. The van der Waals surface area contributed by atoms with Gasteiger partial charge in [0, 0.05) is 19.3 Å². The van der Waals surface area contributed by atoms with Crippen LogP contribution in [-0.4, -0.2) is 24.2 Å². The molecule has 2 aromatic carbocycles. The van der Waals surface area contributed by atoms with Crippen molar-refractivity contribution in [2.75, 3.05) is 11.9 Å². The monoisotopic (exact) mass is 269 g/mol. The molecule has 2 N–H and O–H groups in total. The first-order valence-corrected chi connectivity index (χ1v) is 6.70. The van der Waals surface area contributed by atoms with Gasteiger partial charge in [-0.1, -0.05) is 30.3 Å². The third-order valence-electron chi connectivity index (χ3n) is 3.34. The number of aryl methyl sites for hydroxylation is 2. The highest BCUT2D eigenvalue weighted by atomic mass is 16.4. The summed E-state index contributed by atoms with van der Waals surface area (Å²) < 4.78 is 0. The lowest BCUT2D eigenvalue weighted by atomic mass is 9.80. The second kappa shape index (κ2) is 6.12. The van der Waals surface area contributed by atoms with Crippen LogP contribution in [0.4, 0.5) is 5.69 Å². The van der Waals surface area contributed by atoms with E-state index in [0.29, 0.717) is 5.46 Å². The van der Waals surface area contributed by atoms with Crippen molar-refractivity contribution in [2.24, 2.45) is 0 Å². The molecule has 3 nitrogen and oxygen atoms in total. The maximum Gasteiger partial charge on any atom is 0.488 e. The van der Waals surface area contributed by atoms with E-state index in [1.807, 2.05) is 12.1 Å². The molecule has 20 heavy (non-hydrogen) atoms. The Labute approximate surface area is 120 Å². The molecule has 2 rings (SSSR count). The first-order valence-electron chi connectivity index (χ1n) is 6.70. The lowest BCUT2D eigenvalue weighted by Crippen LogP contribution is -2.29. The van der Waals surface area contributed by atoms with E-state index in [1.54, 1.807) is 12.1 Å². The van der Waals surface area contributed by atoms with Gasteiger partial charge in [-0.05, 0) is 48.1 Å². The summed E-state index contributed by atoms with van der Waals surface area (Å²) in [5.74, 6) is 0. The van der Waals surface area contributed by atoms with E-state index >= 15 is 0 Å². The Balaban J connectivity index is 2.12. The van der Waals surface area contributed by atoms with E-state index in [-0.39, 0.29) is 0 Å². The minimum atomic E-state index is -1.40. The first kappa shape index (κ1) is 14.6. The van der Waals surface area contributed by atoms with E-state index in [9.17, 15) is 0 Å². The molecule has 0 atom stereocenters. The molecule has 0 aromatic heterocycles. The third-order valence-corrected chi connectivity index (χ3v) is 3.34. The van der Waals surface area contributed by atoms with Crippen molar-refractivity contribution in [3.63, 3.8) is 0 Å². The van der Waals surface area contributed by atoms with Crippen molar-refractivity contribution in [1.29, 1.82) is 0 Å². The SMILES string of the molecule is Cc1cc(C)cc(N(C)Cc2ccc(B(O)O)cc2)c1. The number of rotatable bonds is 4. The summed E-state index contributed by atoms with van der Waals surface area (Å²) >= 11 is 0. The van der Waals surface area contributed by atoms with Crippen LogP contribution in [0.5, 0.6) is 0 Å². The summed E-state index contributed by atoms with van der Waals surface area (Å²) in [5, 5.41) is 18.2. The Morgan fingerprint density at radius 2 is 1.50 bits per heavy atom. The Bertz CT molecular complexity index is 561. The Morgan fingerprint density at radius 1 is 0.950 bits per heavy atom. The summed E-state index contributed by atoms with van der Waals surface area (Å²) in [6.45, 7) is 4.98. The molecule has 0 fully saturated rings. The normalized spacial score (nSPS) is 10.4. The zero-order chi connectivity index (χ0) is 14.7. The fourth-order valence-corrected chi connectivity index (χ4v) is 2.33. The molecule has 0 amide bonds. The summed E-state index contributed by atoms with van der Waals surface area (Å²) in [5.41, 5.74) is 5.35. The first-order chi connectivity index (χ1) is 9.45. The smallest absolute Gasteiger partial charge is 0.423 e. The average Bonchev–Trinajstić information content (AvgIpc) is 2.38. The Morgan fingerprint density at radius 3 is 2.00 bits per heavy atom. The molecule has 0 aliphatic carbocycles. The van der Waals surface area contributed by atoms with Crippen molar-refractivity contribution in [3.8, 4) is 0 Å². The number of anilines is 1. The predicted molar refractivity (Wildman–Crippen MR) is 84.3 cm³/mol. The maximum atomic E-state index is 9.08. The molecule has 0 heterocycles. The second-order valence-electron chi connectivity index (χ2n) is 5.32. The Hall–Kier alpha value is -1.78. The highest BCUT2D eigenvalue weighted by molar-refractivity contribution is 6.58. The van der Waals surface area contributed by atoms with Gasteiger partial charge in [-0.2, -0.15) is 0 Å². The van der Waals surface area contributed by atoms with E-state index in [4.69, 9.17) is 10.0 Å². The van der Waals surface area contributed by atoms with Crippen molar-refractivity contribution in [1.82, 2.24) is 0 Å². The number of benzene rings is 2. The lowest BCUT2D eigenvalue weighted by Gasteiger charge is -2.20. The van der Waals surface area contributed by atoms with Gasteiger partial charge in [0.25, 0.3) is 0 Å². The summed E-state index contributed by atoms with van der Waals surface area (Å²) in [6, 6.07) is 13.8. The van der Waals surface area contributed by atoms with Gasteiger partial charge in [-0.3, -0.25) is 0 Å². The summed E-state index contributed by atoms with van der Waals surface area (Å²) in [6.07, 6.45) is 0. The van der Waals surface area contributed by atoms with Crippen LogP contribution >= 0.6 is 0 Å². The largest absolute Gasteiger partial charge is 0.488 e. The molecule has 0 saturated carbocycles. The molecular formula is C16H20BNO2. The maximum absolute atomic E-state index is 9.08. The van der Waals surface area contributed by atoms with Gasteiger partial charge in [-0.25, -0.2) is 0 Å². The van der Waals surface area contributed by atoms with Crippen LogP contribution < -0.4 is 10.4 Å². The minimum Gasteiger partial charge on any atom is -0.423 e. The van der Waals surface area contributed by atoms with E-state index in [2.05, 4.69) is 44.0 Å². The van der Waals surface area contributed by atoms with Gasteiger partial charge in [-0.15, -0.1) is 0 Å². The van der Waals surface area contributed by atoms with Gasteiger partial charge in [0.1, 0.15) is 0 Å². The van der Waals surface area contributed by atoms with Crippen LogP contribution in [0.3, 0.4) is 0 Å². The summed E-state index contributed by atoms with van der Waals surface area (Å²) in [7, 11) is 0.657. The average molecular weight is 269 g/mol. The van der Waals surface area contributed by atoms with Crippen molar-refractivity contribution in [3.05, 3.63) is 59.2 Å². The lowest BCUT2D eigenvalue weighted by molar-refractivity contribution is 0.426. The van der Waals surface area contributed by atoms with Crippen molar-refractivity contribution >= 4 is 18.3 Å². The van der Waals surface area contributed by atoms with E-state index in [0.717, 1.165) is 12.1 Å². The Kier molecular flexibility index (Phi) is 4.48. The fourth-order valence-electron chi connectivity index (χ4n) is 2.33. The topological polar surface area (TPSA) is 43.7 Å². The van der Waals surface area contributed by atoms with Gasteiger partial charge in [0.15, 0.2) is 0 Å². The number of nitrogens with zero attached hydrogens (tertiary/aromatic N) is 1. The zero-order valence-electron chi connectivity index (χ0n) is 12.2. The summed E-state index contributed by atoms with van der Waals surface area (Å²) in [4.78, 5) is 2.18. The van der Waals surface area contributed by atoms with Gasteiger partial charge < -0.3 is 14.9 Å². The second-order valence-corrected chi connectivity index (χ2v) is 5.32. The van der Waals surface area contributed by atoms with Gasteiger partial charge in [0.2, 0.25) is 0 Å². The van der Waals surface area contributed by atoms with Crippen molar-refractivity contribution < 1.29 is 10.0 Å². The fraction of sp³-hybridized carbons (Fsp3) is 0.250. The quantitative estimate of drug-likeness (QED) is 0.829. The minimum absolute atomic E-state index is 0.516. The standard InChI is InChI=1S/C16H20BNO2/c1-12-8-13(2)10-16(9-12)18(3)11-14-4-6-15(7-5-14)17(19)20/h4-10,19-20H,11H2,1-3H3. The highest BCUT2D eigenvalue weighted by Gasteiger charge is 2.10. The van der Waals surface area contributed by atoms with Crippen LogP contribution in [0, 0.1) is 13.8 Å². The molecule has 0 unspecified atom stereocenters. The molecule has 0 aliphatic heterocycles. The predicted octanol–water partition coefficient (Wildman–Crippen LogP) is 1.62. The number of hydrogen-bond donors (Lipinski definition) is 2. The molecule has 104 valence electrons. The molecule has 0 radical (unpaired) electrons. The molecule has 2 aromatic rings. The third kappa shape index (κ3) is 3.62. The van der Waals surface area contributed by atoms with Crippen LogP contribution in [0.2, 0.25) is 0 Å². The van der Waals surface area contributed by atoms with Crippen LogP contribution in [0.15, 0.2) is 42.5 Å². The molecule has 0 saturated heterocycles. The van der Waals surface area contributed by atoms with E-state index < -0.39 is 7.12 Å².